The molecule has 1 aliphatic rings. The predicted molar refractivity (Wildman–Crippen MR) is 143 cm³/mol. The van der Waals surface area contributed by atoms with Gasteiger partial charge in [-0.25, -0.2) is 9.78 Å². The number of anilines is 1. The number of hydrogen-bond acceptors (Lipinski definition) is 10. The number of non-ortho nitro benzene ring substituents is 1. The quantitative estimate of drug-likeness (QED) is 0.0741. The molecule has 11 nitrogen and oxygen atoms in total. The van der Waals surface area contributed by atoms with E-state index in [2.05, 4.69) is 4.98 Å². The maximum absolute atomic E-state index is 13.3. The summed E-state index contributed by atoms with van der Waals surface area (Å²) in [6.45, 7) is 4.15. The molecule has 3 aromatic rings. The van der Waals surface area contributed by atoms with Crippen LogP contribution in [0.4, 0.5) is 10.8 Å². The van der Waals surface area contributed by atoms with E-state index in [0.29, 0.717) is 23.6 Å². The molecule has 202 valence electrons. The van der Waals surface area contributed by atoms with E-state index in [4.69, 9.17) is 9.47 Å². The lowest BCUT2D eigenvalue weighted by Gasteiger charge is -2.23. The standard InChI is InChI=1S/C27H25N3O8S/c1-4-5-14-38-19-12-8-17(9-13-19)22(31)20-21(16-6-10-18(11-7-16)30(35)36)29(25(33)23(20)32)27-28-15(2)24(39-27)26(34)37-3/h6-13,21,31H,4-5,14H2,1-3H3/t21-/m0/s1. The highest BCUT2D eigenvalue weighted by atomic mass is 32.1. The SMILES string of the molecule is CCCCOc1ccc(C(O)=C2C(=O)C(=O)N(c3nc(C)c(C(=O)OC)s3)[C@H]2c2ccc([N+](=O)[O-])cc2)cc1. The summed E-state index contributed by atoms with van der Waals surface area (Å²) in [5.41, 5.74) is 0.486. The molecule has 2 aromatic carbocycles. The van der Waals surface area contributed by atoms with Crippen molar-refractivity contribution in [2.45, 2.75) is 32.7 Å². The van der Waals surface area contributed by atoms with Gasteiger partial charge in [0.2, 0.25) is 0 Å². The Hall–Kier alpha value is -4.58. The Morgan fingerprint density at radius 2 is 1.82 bits per heavy atom. The third-order valence-corrected chi connectivity index (χ3v) is 7.26. The summed E-state index contributed by atoms with van der Waals surface area (Å²) in [6, 6.07) is 10.6. The Bertz CT molecular complexity index is 1460. The van der Waals surface area contributed by atoms with Gasteiger partial charge < -0.3 is 14.6 Å². The molecule has 0 bridgehead atoms. The Kier molecular flexibility index (Phi) is 8.05. The molecule has 39 heavy (non-hydrogen) atoms. The number of methoxy groups -OCH3 is 1. The van der Waals surface area contributed by atoms with Gasteiger partial charge in [0.1, 0.15) is 16.4 Å². The normalized spacial score (nSPS) is 16.4. The average molecular weight is 552 g/mol. The van der Waals surface area contributed by atoms with E-state index < -0.39 is 34.4 Å². The van der Waals surface area contributed by atoms with Crippen LogP contribution in [0.1, 0.15) is 52.3 Å². The average Bonchev–Trinajstić information content (AvgIpc) is 3.44. The van der Waals surface area contributed by atoms with Gasteiger partial charge in [-0.2, -0.15) is 0 Å². The minimum absolute atomic E-state index is 0.0390. The number of nitro benzene ring substituents is 1. The molecule has 1 saturated heterocycles. The van der Waals surface area contributed by atoms with Crippen molar-refractivity contribution in [1.82, 2.24) is 4.98 Å². The maximum atomic E-state index is 13.3. The van der Waals surface area contributed by atoms with Gasteiger partial charge >= 0.3 is 11.9 Å². The molecule has 1 fully saturated rings. The zero-order valence-electron chi connectivity index (χ0n) is 21.4. The number of aliphatic hydroxyl groups is 1. The number of nitro groups is 1. The highest BCUT2D eigenvalue weighted by Crippen LogP contribution is 2.44. The number of carbonyl (C=O) groups excluding carboxylic acids is 3. The van der Waals surface area contributed by atoms with Gasteiger partial charge in [-0.1, -0.05) is 24.7 Å². The largest absolute Gasteiger partial charge is 0.507 e. The smallest absolute Gasteiger partial charge is 0.350 e. The Labute approximate surface area is 227 Å². The van der Waals surface area contributed by atoms with Crippen molar-refractivity contribution in [2.24, 2.45) is 0 Å². The van der Waals surface area contributed by atoms with Crippen LogP contribution in [0.25, 0.3) is 5.76 Å². The number of esters is 1. The second kappa shape index (κ2) is 11.4. The number of aliphatic hydroxyl groups excluding tert-OH is 1. The molecule has 1 aromatic heterocycles. The number of unbranched alkanes of at least 4 members (excludes halogenated alkanes) is 1. The van der Waals surface area contributed by atoms with Crippen molar-refractivity contribution in [2.75, 3.05) is 18.6 Å². The lowest BCUT2D eigenvalue weighted by Crippen LogP contribution is -2.29. The van der Waals surface area contributed by atoms with E-state index in [1.165, 1.54) is 31.4 Å². The maximum Gasteiger partial charge on any atom is 0.350 e. The first-order chi connectivity index (χ1) is 18.7. The van der Waals surface area contributed by atoms with Crippen LogP contribution in [0.5, 0.6) is 5.75 Å². The molecule has 0 radical (unpaired) electrons. The molecule has 1 N–H and O–H groups in total. The number of ether oxygens (including phenoxy) is 2. The summed E-state index contributed by atoms with van der Waals surface area (Å²) in [6.07, 6.45) is 1.86. The van der Waals surface area contributed by atoms with Crippen LogP contribution in [0.3, 0.4) is 0 Å². The van der Waals surface area contributed by atoms with E-state index in [1.54, 1.807) is 31.2 Å². The van der Waals surface area contributed by atoms with Crippen molar-refractivity contribution in [3.05, 3.63) is 85.9 Å². The molecular formula is C27H25N3O8S. The number of aromatic nitrogens is 1. The van der Waals surface area contributed by atoms with Crippen molar-refractivity contribution >= 4 is 45.6 Å². The number of amides is 1. The van der Waals surface area contributed by atoms with Crippen LogP contribution in [0, 0.1) is 17.0 Å². The number of rotatable bonds is 9. The van der Waals surface area contributed by atoms with Crippen molar-refractivity contribution in [1.29, 1.82) is 0 Å². The van der Waals surface area contributed by atoms with E-state index in [-0.39, 0.29) is 26.8 Å². The minimum Gasteiger partial charge on any atom is -0.507 e. The molecule has 12 heteroatoms. The van der Waals surface area contributed by atoms with Gasteiger partial charge in [0.05, 0.1) is 35.9 Å². The third kappa shape index (κ3) is 5.36. The number of carbonyl (C=O) groups is 3. The predicted octanol–water partition coefficient (Wildman–Crippen LogP) is 4.95. The van der Waals surface area contributed by atoms with Gasteiger partial charge in [-0.05, 0) is 55.3 Å². The topological polar surface area (TPSA) is 149 Å². The van der Waals surface area contributed by atoms with Crippen LogP contribution >= 0.6 is 11.3 Å². The first kappa shape index (κ1) is 27.5. The number of benzene rings is 2. The fraction of sp³-hybridized carbons (Fsp3) is 0.259. The summed E-state index contributed by atoms with van der Waals surface area (Å²) in [5, 5.41) is 22.5. The molecule has 0 aliphatic carbocycles. The minimum atomic E-state index is -1.16. The zero-order valence-corrected chi connectivity index (χ0v) is 22.2. The summed E-state index contributed by atoms with van der Waals surface area (Å²) >= 11 is 0.861. The number of aryl methyl sites for hydroxylation is 1. The number of Topliss-reactive ketones (excluding diaryl/α,β-unsaturated/α-hetero) is 1. The zero-order chi connectivity index (χ0) is 28.3. The fourth-order valence-corrected chi connectivity index (χ4v) is 5.10. The summed E-state index contributed by atoms with van der Waals surface area (Å²) in [7, 11) is 1.21. The number of ketones is 1. The van der Waals surface area contributed by atoms with Crippen LogP contribution in [-0.4, -0.2) is 46.4 Å². The van der Waals surface area contributed by atoms with E-state index in [9.17, 15) is 29.6 Å². The Morgan fingerprint density at radius 1 is 1.15 bits per heavy atom. The molecule has 0 saturated carbocycles. The van der Waals surface area contributed by atoms with Gasteiger partial charge in [-0.3, -0.25) is 24.6 Å². The van der Waals surface area contributed by atoms with Crippen molar-refractivity contribution in [3.8, 4) is 5.75 Å². The van der Waals surface area contributed by atoms with E-state index >= 15 is 0 Å². The molecule has 1 atom stereocenters. The second-order valence-corrected chi connectivity index (χ2v) is 9.62. The molecule has 2 heterocycles. The first-order valence-corrected chi connectivity index (χ1v) is 12.8. The summed E-state index contributed by atoms with van der Waals surface area (Å²) in [4.78, 5) is 55.0. The van der Waals surface area contributed by atoms with Crippen LogP contribution in [0.15, 0.2) is 54.1 Å². The van der Waals surface area contributed by atoms with E-state index in [0.717, 1.165) is 29.1 Å². The highest BCUT2D eigenvalue weighted by Gasteiger charge is 2.48. The molecule has 1 amide bonds. The third-order valence-electron chi connectivity index (χ3n) is 6.12. The lowest BCUT2D eigenvalue weighted by atomic mass is 9.95. The Balaban J connectivity index is 1.83. The van der Waals surface area contributed by atoms with Crippen molar-refractivity contribution < 1.29 is 33.9 Å². The first-order valence-electron chi connectivity index (χ1n) is 12.0. The van der Waals surface area contributed by atoms with Gasteiger partial charge in [0, 0.05) is 17.7 Å². The van der Waals surface area contributed by atoms with Gasteiger partial charge in [-0.15, -0.1) is 0 Å². The lowest BCUT2D eigenvalue weighted by molar-refractivity contribution is -0.384. The molecule has 1 aliphatic heterocycles. The van der Waals surface area contributed by atoms with Crippen LogP contribution in [0.2, 0.25) is 0 Å². The monoisotopic (exact) mass is 551 g/mol. The fourth-order valence-electron chi connectivity index (χ4n) is 4.09. The molecule has 4 rings (SSSR count). The second-order valence-electron chi connectivity index (χ2n) is 8.65. The molecular weight excluding hydrogens is 526 g/mol. The van der Waals surface area contributed by atoms with Gasteiger partial charge in [0.25, 0.3) is 11.5 Å². The molecule has 0 spiro atoms. The molecule has 0 unspecified atom stereocenters. The van der Waals surface area contributed by atoms with Crippen molar-refractivity contribution in [3.63, 3.8) is 0 Å². The summed E-state index contributed by atoms with van der Waals surface area (Å²) in [5.74, 6) is -2.43. The van der Waals surface area contributed by atoms with Crippen LogP contribution < -0.4 is 9.64 Å². The Morgan fingerprint density at radius 3 is 2.41 bits per heavy atom. The highest BCUT2D eigenvalue weighted by molar-refractivity contribution is 7.17. The number of hydrogen-bond donors (Lipinski definition) is 1. The number of thiazole rings is 1. The van der Waals surface area contributed by atoms with E-state index in [1.807, 2.05) is 6.92 Å². The van der Waals surface area contributed by atoms with Crippen LogP contribution in [-0.2, 0) is 14.3 Å². The van der Waals surface area contributed by atoms with Gasteiger partial charge in [0.15, 0.2) is 5.13 Å². The summed E-state index contributed by atoms with van der Waals surface area (Å²) < 4.78 is 10.4. The number of nitrogens with zero attached hydrogens (tertiary/aromatic N) is 3.